The van der Waals surface area contributed by atoms with Crippen LogP contribution in [0, 0.1) is 13.8 Å². The van der Waals surface area contributed by atoms with Gasteiger partial charge in [0.05, 0.1) is 23.6 Å². The molecule has 2 N–H and O–H groups in total. The van der Waals surface area contributed by atoms with E-state index in [1.165, 1.54) is 5.56 Å². The predicted molar refractivity (Wildman–Crippen MR) is 119 cm³/mol. The molecule has 0 aliphatic carbocycles. The van der Waals surface area contributed by atoms with Crippen molar-refractivity contribution in [2.45, 2.75) is 26.9 Å². The maximum absolute atomic E-state index is 4.69. The van der Waals surface area contributed by atoms with Gasteiger partial charge in [-0.15, -0.1) is 24.0 Å². The third kappa shape index (κ3) is 4.88. The van der Waals surface area contributed by atoms with Gasteiger partial charge in [0.1, 0.15) is 0 Å². The van der Waals surface area contributed by atoms with Crippen molar-refractivity contribution < 1.29 is 0 Å². The fourth-order valence-electron chi connectivity index (χ4n) is 2.89. The minimum absolute atomic E-state index is 0. The lowest BCUT2D eigenvalue weighted by molar-refractivity contribution is 0.684. The number of aryl methyl sites for hydroxylation is 2. The van der Waals surface area contributed by atoms with Gasteiger partial charge < -0.3 is 10.6 Å². The molecule has 0 amide bonds. The standard InChI is InChI=1S/C19H25N7.HI/c1-14-18(15(2)26(24-14)16-8-6-5-7-9-16)13-22-19(20-3)21-12-17-10-11-23-25(17)4;/h5-11H,12-13H2,1-4H3,(H2,20,21,22);1H. The van der Waals surface area contributed by atoms with Crippen LogP contribution in [-0.2, 0) is 20.1 Å². The Morgan fingerprint density at radius 3 is 2.41 bits per heavy atom. The number of hydrogen-bond donors (Lipinski definition) is 2. The zero-order valence-corrected chi connectivity index (χ0v) is 18.4. The summed E-state index contributed by atoms with van der Waals surface area (Å²) >= 11 is 0. The molecule has 0 saturated carbocycles. The number of para-hydroxylation sites is 1. The van der Waals surface area contributed by atoms with Crippen molar-refractivity contribution in [2.24, 2.45) is 12.0 Å². The Hall–Kier alpha value is -2.36. The van der Waals surface area contributed by atoms with E-state index in [1.807, 2.05) is 47.6 Å². The summed E-state index contributed by atoms with van der Waals surface area (Å²) in [6.07, 6.45) is 1.79. The number of guanidine groups is 1. The van der Waals surface area contributed by atoms with Crippen LogP contribution in [0.25, 0.3) is 5.69 Å². The normalized spacial score (nSPS) is 11.2. The van der Waals surface area contributed by atoms with Crippen molar-refractivity contribution in [3.8, 4) is 5.69 Å². The van der Waals surface area contributed by atoms with Crippen LogP contribution >= 0.6 is 24.0 Å². The molecule has 2 heterocycles. The molecule has 144 valence electrons. The molecule has 0 bridgehead atoms. The molecule has 8 heteroatoms. The average molecular weight is 479 g/mol. The van der Waals surface area contributed by atoms with Gasteiger partial charge in [-0.25, -0.2) is 4.68 Å². The number of benzene rings is 1. The summed E-state index contributed by atoms with van der Waals surface area (Å²) in [5.41, 5.74) is 5.48. The third-order valence-corrected chi connectivity index (χ3v) is 4.46. The van der Waals surface area contributed by atoms with E-state index in [1.54, 1.807) is 13.2 Å². The van der Waals surface area contributed by atoms with Crippen LogP contribution in [0.3, 0.4) is 0 Å². The Labute approximate surface area is 176 Å². The zero-order valence-electron chi connectivity index (χ0n) is 16.1. The molecule has 0 atom stereocenters. The summed E-state index contributed by atoms with van der Waals surface area (Å²) in [5, 5.41) is 15.5. The average Bonchev–Trinajstić information content (AvgIpc) is 3.19. The van der Waals surface area contributed by atoms with Gasteiger partial charge in [-0.2, -0.15) is 10.2 Å². The first-order chi connectivity index (χ1) is 12.6. The Morgan fingerprint density at radius 2 is 1.78 bits per heavy atom. The molecule has 27 heavy (non-hydrogen) atoms. The number of rotatable bonds is 5. The second-order valence-electron chi connectivity index (χ2n) is 6.12. The molecule has 0 unspecified atom stereocenters. The predicted octanol–water partition coefficient (Wildman–Crippen LogP) is 2.71. The second kappa shape index (κ2) is 9.54. The molecule has 1 aromatic carbocycles. The lowest BCUT2D eigenvalue weighted by atomic mass is 10.2. The van der Waals surface area contributed by atoms with Crippen LogP contribution < -0.4 is 10.6 Å². The number of aliphatic imine (C=N–C) groups is 1. The van der Waals surface area contributed by atoms with E-state index in [4.69, 9.17) is 0 Å². The summed E-state index contributed by atoms with van der Waals surface area (Å²) in [4.78, 5) is 4.29. The van der Waals surface area contributed by atoms with Crippen LogP contribution in [0.1, 0.15) is 22.6 Å². The van der Waals surface area contributed by atoms with Crippen molar-refractivity contribution in [3.63, 3.8) is 0 Å². The minimum atomic E-state index is 0. The highest BCUT2D eigenvalue weighted by Crippen LogP contribution is 2.17. The number of aromatic nitrogens is 4. The van der Waals surface area contributed by atoms with E-state index >= 15 is 0 Å². The number of nitrogens with zero attached hydrogens (tertiary/aromatic N) is 5. The van der Waals surface area contributed by atoms with Crippen LogP contribution in [0.4, 0.5) is 0 Å². The van der Waals surface area contributed by atoms with Crippen LogP contribution in [0.2, 0.25) is 0 Å². The third-order valence-electron chi connectivity index (χ3n) is 4.46. The lowest BCUT2D eigenvalue weighted by Gasteiger charge is -2.12. The summed E-state index contributed by atoms with van der Waals surface area (Å²) in [6.45, 7) is 5.46. The zero-order chi connectivity index (χ0) is 18.5. The summed E-state index contributed by atoms with van der Waals surface area (Å²) in [5.74, 6) is 0.748. The fraction of sp³-hybridized carbons (Fsp3) is 0.316. The van der Waals surface area contributed by atoms with Gasteiger partial charge in [-0.05, 0) is 32.0 Å². The smallest absolute Gasteiger partial charge is 0.191 e. The van der Waals surface area contributed by atoms with Gasteiger partial charge in [0.2, 0.25) is 0 Å². The van der Waals surface area contributed by atoms with Crippen molar-refractivity contribution in [2.75, 3.05) is 7.05 Å². The quantitative estimate of drug-likeness (QED) is 0.336. The molecule has 7 nitrogen and oxygen atoms in total. The van der Waals surface area contributed by atoms with Gasteiger partial charge in [-0.1, -0.05) is 18.2 Å². The van der Waals surface area contributed by atoms with Gasteiger partial charge in [0.25, 0.3) is 0 Å². The molecule has 2 aromatic heterocycles. The van der Waals surface area contributed by atoms with Crippen molar-refractivity contribution in [1.29, 1.82) is 0 Å². The lowest BCUT2D eigenvalue weighted by Crippen LogP contribution is -2.37. The fourth-order valence-corrected chi connectivity index (χ4v) is 2.89. The summed E-state index contributed by atoms with van der Waals surface area (Å²) in [6, 6.07) is 12.2. The molecule has 3 aromatic rings. The van der Waals surface area contributed by atoms with Gasteiger partial charge >= 0.3 is 0 Å². The van der Waals surface area contributed by atoms with Gasteiger partial charge in [0.15, 0.2) is 5.96 Å². The largest absolute Gasteiger partial charge is 0.352 e. The maximum atomic E-state index is 4.69. The monoisotopic (exact) mass is 479 g/mol. The number of hydrogen-bond acceptors (Lipinski definition) is 3. The first-order valence-electron chi connectivity index (χ1n) is 8.62. The highest BCUT2D eigenvalue weighted by Gasteiger charge is 2.13. The highest BCUT2D eigenvalue weighted by atomic mass is 127. The molecule has 0 aliphatic heterocycles. The van der Waals surface area contributed by atoms with E-state index in [-0.39, 0.29) is 24.0 Å². The molecule has 0 radical (unpaired) electrons. The molecule has 0 fully saturated rings. The molecule has 0 aliphatic rings. The molecular formula is C19H26IN7. The molecule has 0 spiro atoms. The summed E-state index contributed by atoms with van der Waals surface area (Å²) < 4.78 is 3.83. The van der Waals surface area contributed by atoms with E-state index < -0.39 is 0 Å². The van der Waals surface area contributed by atoms with Crippen molar-refractivity contribution >= 4 is 29.9 Å². The van der Waals surface area contributed by atoms with Gasteiger partial charge in [-0.3, -0.25) is 9.67 Å². The SMILES string of the molecule is CN=C(NCc1c(C)nn(-c2ccccc2)c1C)NCc1ccnn1C.I. The van der Waals surface area contributed by atoms with E-state index in [2.05, 4.69) is 44.9 Å². The van der Waals surface area contributed by atoms with Crippen LogP contribution in [0.15, 0.2) is 47.6 Å². The Kier molecular flexibility index (Phi) is 7.40. The van der Waals surface area contributed by atoms with Crippen LogP contribution in [-0.4, -0.2) is 32.6 Å². The van der Waals surface area contributed by atoms with E-state index in [0.717, 1.165) is 28.7 Å². The Morgan fingerprint density at radius 1 is 1.07 bits per heavy atom. The minimum Gasteiger partial charge on any atom is -0.352 e. The first-order valence-corrected chi connectivity index (χ1v) is 8.62. The van der Waals surface area contributed by atoms with Crippen LogP contribution in [0.5, 0.6) is 0 Å². The molecule has 3 rings (SSSR count). The van der Waals surface area contributed by atoms with Crippen molar-refractivity contribution in [1.82, 2.24) is 30.2 Å². The number of halogens is 1. The summed E-state index contributed by atoms with van der Waals surface area (Å²) in [7, 11) is 3.70. The maximum Gasteiger partial charge on any atom is 0.191 e. The topological polar surface area (TPSA) is 72.1 Å². The Bertz CT molecular complexity index is 896. The molecule has 0 saturated heterocycles. The number of nitrogens with one attached hydrogen (secondary N) is 2. The van der Waals surface area contributed by atoms with Crippen molar-refractivity contribution in [3.05, 3.63) is 65.2 Å². The van der Waals surface area contributed by atoms with Gasteiger partial charge in [0, 0.05) is 38.1 Å². The Balaban J connectivity index is 0.00000261. The van der Waals surface area contributed by atoms with E-state index in [9.17, 15) is 0 Å². The first kappa shape index (κ1) is 20.9. The highest BCUT2D eigenvalue weighted by molar-refractivity contribution is 14.0. The second-order valence-corrected chi connectivity index (χ2v) is 6.12. The molecular weight excluding hydrogens is 453 g/mol. The van der Waals surface area contributed by atoms with E-state index in [0.29, 0.717) is 13.1 Å².